The van der Waals surface area contributed by atoms with Crippen molar-refractivity contribution >= 4 is 17.6 Å². The Morgan fingerprint density at radius 3 is 2.54 bits per heavy atom. The summed E-state index contributed by atoms with van der Waals surface area (Å²) in [6.07, 6.45) is 1.47. The first-order chi connectivity index (χ1) is 12.5. The van der Waals surface area contributed by atoms with E-state index in [0.29, 0.717) is 23.7 Å². The molecule has 3 rings (SSSR count). The van der Waals surface area contributed by atoms with Gasteiger partial charge < -0.3 is 14.6 Å². The Labute approximate surface area is 158 Å². The summed E-state index contributed by atoms with van der Waals surface area (Å²) in [4.78, 5) is 13.8. The Balaban J connectivity index is 2.12. The van der Waals surface area contributed by atoms with Crippen molar-refractivity contribution in [2.45, 2.75) is 24.9 Å². The van der Waals surface area contributed by atoms with Gasteiger partial charge in [0, 0.05) is 17.1 Å². The maximum Gasteiger partial charge on any atom is 0.320 e. The predicted octanol–water partition coefficient (Wildman–Crippen LogP) is 4.00. The molecule has 0 aliphatic carbocycles. The molecule has 0 amide bonds. The monoisotopic (exact) mass is 375 g/mol. The van der Waals surface area contributed by atoms with Gasteiger partial charge >= 0.3 is 5.97 Å². The first kappa shape index (κ1) is 18.5. The molecule has 6 heteroatoms. The number of hydrogen-bond acceptors (Lipinski definition) is 4. The highest BCUT2D eigenvalue weighted by Gasteiger charge is 2.38. The van der Waals surface area contributed by atoms with Crippen LogP contribution in [-0.4, -0.2) is 42.8 Å². The predicted molar refractivity (Wildman–Crippen MR) is 100 cm³/mol. The lowest BCUT2D eigenvalue weighted by molar-refractivity contribution is -0.142. The summed E-state index contributed by atoms with van der Waals surface area (Å²) in [7, 11) is 3.23. The largest absolute Gasteiger partial charge is 0.497 e. The third-order valence-corrected chi connectivity index (χ3v) is 5.06. The number of carboxylic acids is 1. The van der Waals surface area contributed by atoms with Crippen LogP contribution in [0.4, 0.5) is 0 Å². The first-order valence-corrected chi connectivity index (χ1v) is 8.89. The molecule has 26 heavy (non-hydrogen) atoms. The van der Waals surface area contributed by atoms with Gasteiger partial charge in [0.2, 0.25) is 0 Å². The van der Waals surface area contributed by atoms with E-state index in [-0.39, 0.29) is 6.04 Å². The molecule has 138 valence electrons. The SMILES string of the molecule is COc1ccc(C(c2cc(Cl)ccc2OC)N2CCCC2C(=O)O)cc1. The smallest absolute Gasteiger partial charge is 0.320 e. The van der Waals surface area contributed by atoms with Gasteiger partial charge in [0.15, 0.2) is 0 Å². The summed E-state index contributed by atoms with van der Waals surface area (Å²) < 4.78 is 10.8. The van der Waals surface area contributed by atoms with Crippen molar-refractivity contribution in [3.63, 3.8) is 0 Å². The molecule has 0 bridgehead atoms. The second-order valence-electron chi connectivity index (χ2n) is 6.30. The maximum absolute atomic E-state index is 11.8. The molecule has 2 atom stereocenters. The second kappa shape index (κ2) is 7.98. The van der Waals surface area contributed by atoms with Gasteiger partial charge in [-0.1, -0.05) is 23.7 Å². The molecule has 1 fully saturated rings. The van der Waals surface area contributed by atoms with E-state index in [2.05, 4.69) is 0 Å². The van der Waals surface area contributed by atoms with Crippen molar-refractivity contribution in [3.05, 3.63) is 58.6 Å². The molecular weight excluding hydrogens is 354 g/mol. The van der Waals surface area contributed by atoms with Crippen LogP contribution in [0.3, 0.4) is 0 Å². The number of benzene rings is 2. The maximum atomic E-state index is 11.8. The van der Waals surface area contributed by atoms with Crippen molar-refractivity contribution in [1.82, 2.24) is 4.90 Å². The number of carboxylic acid groups (broad SMARTS) is 1. The van der Waals surface area contributed by atoms with E-state index >= 15 is 0 Å². The molecule has 2 aromatic carbocycles. The standard InChI is InChI=1S/C20H22ClNO4/c1-25-15-8-5-13(6-9-15)19(22-11-3-4-17(22)20(23)24)16-12-14(21)7-10-18(16)26-2/h5-10,12,17,19H,3-4,11H2,1-2H3,(H,23,24). The van der Waals surface area contributed by atoms with Crippen molar-refractivity contribution in [3.8, 4) is 11.5 Å². The van der Waals surface area contributed by atoms with Gasteiger partial charge in [-0.15, -0.1) is 0 Å². The molecule has 1 heterocycles. The third-order valence-electron chi connectivity index (χ3n) is 4.83. The van der Waals surface area contributed by atoms with Crippen LogP contribution in [-0.2, 0) is 4.79 Å². The zero-order valence-electron chi connectivity index (χ0n) is 14.8. The molecule has 0 radical (unpaired) electrons. The number of ether oxygens (including phenoxy) is 2. The molecular formula is C20H22ClNO4. The fourth-order valence-electron chi connectivity index (χ4n) is 3.62. The number of rotatable bonds is 6. The number of nitrogens with zero attached hydrogens (tertiary/aromatic N) is 1. The highest BCUT2D eigenvalue weighted by Crippen LogP contribution is 2.40. The van der Waals surface area contributed by atoms with E-state index in [1.807, 2.05) is 41.3 Å². The highest BCUT2D eigenvalue weighted by atomic mass is 35.5. The van der Waals surface area contributed by atoms with Crippen LogP contribution in [0.15, 0.2) is 42.5 Å². The zero-order valence-corrected chi connectivity index (χ0v) is 15.6. The third kappa shape index (κ3) is 3.64. The molecule has 2 aromatic rings. The van der Waals surface area contributed by atoms with E-state index in [0.717, 1.165) is 23.3 Å². The summed E-state index contributed by atoms with van der Waals surface area (Å²) >= 11 is 6.25. The van der Waals surface area contributed by atoms with Gasteiger partial charge in [0.05, 0.1) is 20.3 Å². The summed E-state index contributed by atoms with van der Waals surface area (Å²) in [5.41, 5.74) is 1.83. The Kier molecular flexibility index (Phi) is 5.69. The fraction of sp³-hybridized carbons (Fsp3) is 0.350. The van der Waals surface area contributed by atoms with Crippen LogP contribution in [0.2, 0.25) is 5.02 Å². The normalized spacial score (nSPS) is 18.5. The number of methoxy groups -OCH3 is 2. The van der Waals surface area contributed by atoms with Crippen LogP contribution in [0.1, 0.15) is 30.0 Å². The average molecular weight is 376 g/mol. The molecule has 1 N–H and O–H groups in total. The van der Waals surface area contributed by atoms with Crippen LogP contribution in [0.5, 0.6) is 11.5 Å². The zero-order chi connectivity index (χ0) is 18.7. The minimum atomic E-state index is -0.804. The molecule has 2 unspecified atom stereocenters. The average Bonchev–Trinajstić information content (AvgIpc) is 3.12. The van der Waals surface area contributed by atoms with Crippen LogP contribution in [0, 0.1) is 0 Å². The van der Waals surface area contributed by atoms with Gasteiger partial charge in [0.1, 0.15) is 17.5 Å². The summed E-state index contributed by atoms with van der Waals surface area (Å²) in [5.74, 6) is 0.634. The molecule has 0 aromatic heterocycles. The highest BCUT2D eigenvalue weighted by molar-refractivity contribution is 6.30. The molecule has 0 saturated carbocycles. The van der Waals surface area contributed by atoms with E-state index in [1.165, 1.54) is 0 Å². The number of hydrogen-bond donors (Lipinski definition) is 1. The van der Waals surface area contributed by atoms with Crippen molar-refractivity contribution in [1.29, 1.82) is 0 Å². The van der Waals surface area contributed by atoms with Gasteiger partial charge in [-0.2, -0.15) is 0 Å². The minimum absolute atomic E-state index is 0.266. The Morgan fingerprint density at radius 1 is 1.19 bits per heavy atom. The van der Waals surface area contributed by atoms with Gasteiger partial charge in [-0.05, 0) is 48.7 Å². The van der Waals surface area contributed by atoms with Gasteiger partial charge in [-0.3, -0.25) is 9.69 Å². The quantitative estimate of drug-likeness (QED) is 0.827. The lowest BCUT2D eigenvalue weighted by Crippen LogP contribution is -2.39. The lowest BCUT2D eigenvalue weighted by atomic mass is 9.95. The van der Waals surface area contributed by atoms with E-state index < -0.39 is 12.0 Å². The Morgan fingerprint density at radius 2 is 1.92 bits per heavy atom. The van der Waals surface area contributed by atoms with E-state index in [9.17, 15) is 9.90 Å². The van der Waals surface area contributed by atoms with Crippen LogP contribution < -0.4 is 9.47 Å². The first-order valence-electron chi connectivity index (χ1n) is 8.51. The Bertz CT molecular complexity index is 778. The van der Waals surface area contributed by atoms with Crippen molar-refractivity contribution < 1.29 is 19.4 Å². The van der Waals surface area contributed by atoms with Crippen LogP contribution in [0.25, 0.3) is 0 Å². The summed E-state index contributed by atoms with van der Waals surface area (Å²) in [6, 6.07) is 12.3. The Hall–Kier alpha value is -2.24. The number of carbonyl (C=O) groups is 1. The summed E-state index contributed by atoms with van der Waals surface area (Å²) in [5, 5.41) is 10.3. The van der Waals surface area contributed by atoms with Crippen molar-refractivity contribution in [2.24, 2.45) is 0 Å². The topological polar surface area (TPSA) is 59.0 Å². The number of aliphatic carboxylic acids is 1. The minimum Gasteiger partial charge on any atom is -0.497 e. The number of likely N-dealkylation sites (tertiary alicyclic amines) is 1. The second-order valence-corrected chi connectivity index (χ2v) is 6.73. The summed E-state index contributed by atoms with van der Waals surface area (Å²) in [6.45, 7) is 0.698. The lowest BCUT2D eigenvalue weighted by Gasteiger charge is -2.33. The number of halogens is 1. The molecule has 1 aliphatic rings. The van der Waals surface area contributed by atoms with E-state index in [4.69, 9.17) is 21.1 Å². The van der Waals surface area contributed by atoms with Gasteiger partial charge in [0.25, 0.3) is 0 Å². The molecule has 1 saturated heterocycles. The molecule has 1 aliphatic heterocycles. The van der Waals surface area contributed by atoms with Crippen molar-refractivity contribution in [2.75, 3.05) is 20.8 Å². The molecule has 5 nitrogen and oxygen atoms in total. The van der Waals surface area contributed by atoms with Gasteiger partial charge in [-0.25, -0.2) is 0 Å². The fourth-order valence-corrected chi connectivity index (χ4v) is 3.80. The van der Waals surface area contributed by atoms with E-state index in [1.54, 1.807) is 20.3 Å². The van der Waals surface area contributed by atoms with Crippen LogP contribution >= 0.6 is 11.6 Å². The molecule has 0 spiro atoms.